The Morgan fingerprint density at radius 3 is 2.67 bits per heavy atom. The Morgan fingerprint density at radius 1 is 1.33 bits per heavy atom. The summed E-state index contributed by atoms with van der Waals surface area (Å²) < 4.78 is 5.46. The molecule has 0 radical (unpaired) electrons. The average molecular weight is 205 g/mol. The van der Waals surface area contributed by atoms with Gasteiger partial charge >= 0.3 is 0 Å². The number of nitrogens with two attached hydrogens (primary N) is 1. The molecule has 15 heavy (non-hydrogen) atoms. The fourth-order valence-electron chi connectivity index (χ4n) is 2.13. The van der Waals surface area contributed by atoms with Crippen molar-refractivity contribution in [1.29, 1.82) is 0 Å². The monoisotopic (exact) mass is 205 g/mol. The van der Waals surface area contributed by atoms with E-state index in [0.29, 0.717) is 6.61 Å². The topological polar surface area (TPSA) is 35.2 Å². The molecule has 2 nitrogen and oxygen atoms in total. The van der Waals surface area contributed by atoms with Crippen molar-refractivity contribution in [3.05, 3.63) is 35.4 Å². The minimum Gasteiger partial charge on any atom is -0.380 e. The maximum atomic E-state index is 6.30. The molecule has 82 valence electrons. The molecule has 0 amide bonds. The highest BCUT2D eigenvalue weighted by atomic mass is 16.5. The Bertz CT molecular complexity index is 312. The second-order valence-corrected chi connectivity index (χ2v) is 4.68. The van der Waals surface area contributed by atoms with E-state index in [4.69, 9.17) is 10.5 Å². The summed E-state index contributed by atoms with van der Waals surface area (Å²) in [5.41, 5.74) is 8.77. The predicted molar refractivity (Wildman–Crippen MR) is 61.9 cm³/mol. The molecule has 1 heterocycles. The van der Waals surface area contributed by atoms with Crippen LogP contribution in [0.5, 0.6) is 0 Å². The molecule has 1 fully saturated rings. The molecule has 1 aliphatic rings. The number of hydrogen-bond donors (Lipinski definition) is 1. The molecule has 1 saturated heterocycles. The molecule has 0 spiro atoms. The molecule has 1 aromatic rings. The van der Waals surface area contributed by atoms with Gasteiger partial charge in [-0.25, -0.2) is 0 Å². The van der Waals surface area contributed by atoms with E-state index in [1.165, 1.54) is 11.1 Å². The van der Waals surface area contributed by atoms with Crippen LogP contribution < -0.4 is 5.73 Å². The zero-order valence-corrected chi connectivity index (χ0v) is 9.33. The first-order valence-corrected chi connectivity index (χ1v) is 5.60. The third-order valence-corrected chi connectivity index (χ3v) is 3.03. The van der Waals surface area contributed by atoms with Crippen LogP contribution in [0, 0.1) is 6.92 Å². The lowest BCUT2D eigenvalue weighted by Gasteiger charge is -2.33. The van der Waals surface area contributed by atoms with E-state index < -0.39 is 0 Å². The largest absolute Gasteiger partial charge is 0.380 e. The summed E-state index contributed by atoms with van der Waals surface area (Å²) in [6.07, 6.45) is 3.08. The minimum atomic E-state index is -0.145. The maximum Gasteiger partial charge on any atom is 0.0649 e. The number of ether oxygens (including phenoxy) is 1. The third kappa shape index (κ3) is 2.80. The summed E-state index contributed by atoms with van der Waals surface area (Å²) in [7, 11) is 0. The van der Waals surface area contributed by atoms with Gasteiger partial charge in [0.2, 0.25) is 0 Å². The van der Waals surface area contributed by atoms with Gasteiger partial charge in [-0.15, -0.1) is 0 Å². The van der Waals surface area contributed by atoms with E-state index in [1.54, 1.807) is 0 Å². The summed E-state index contributed by atoms with van der Waals surface area (Å²) >= 11 is 0. The van der Waals surface area contributed by atoms with Crippen LogP contribution >= 0.6 is 0 Å². The molecule has 0 aromatic heterocycles. The van der Waals surface area contributed by atoms with E-state index in [-0.39, 0.29) is 5.54 Å². The molecule has 1 unspecified atom stereocenters. The standard InChI is InChI=1S/C13H19NO/c1-11-3-5-12(6-4-11)9-13(14)7-2-8-15-10-13/h3-6H,2,7-10,14H2,1H3. The summed E-state index contributed by atoms with van der Waals surface area (Å²) in [5.74, 6) is 0. The van der Waals surface area contributed by atoms with Crippen molar-refractivity contribution in [3.63, 3.8) is 0 Å². The van der Waals surface area contributed by atoms with Crippen molar-refractivity contribution in [2.24, 2.45) is 5.73 Å². The summed E-state index contributed by atoms with van der Waals surface area (Å²) in [5, 5.41) is 0. The van der Waals surface area contributed by atoms with E-state index in [0.717, 1.165) is 25.9 Å². The molecule has 2 heteroatoms. The Labute approximate surface area is 91.4 Å². The van der Waals surface area contributed by atoms with E-state index >= 15 is 0 Å². The fourth-order valence-corrected chi connectivity index (χ4v) is 2.13. The maximum absolute atomic E-state index is 6.30. The van der Waals surface area contributed by atoms with Crippen molar-refractivity contribution in [1.82, 2.24) is 0 Å². The van der Waals surface area contributed by atoms with Crippen LogP contribution in [-0.4, -0.2) is 18.8 Å². The van der Waals surface area contributed by atoms with Crippen LogP contribution in [0.4, 0.5) is 0 Å². The lowest BCUT2D eigenvalue weighted by molar-refractivity contribution is 0.0382. The van der Waals surface area contributed by atoms with Gasteiger partial charge in [0.1, 0.15) is 0 Å². The second kappa shape index (κ2) is 4.33. The SMILES string of the molecule is Cc1ccc(CC2(N)CCCOC2)cc1. The van der Waals surface area contributed by atoms with Gasteiger partial charge in [0.05, 0.1) is 6.61 Å². The first kappa shape index (κ1) is 10.7. The Balaban J connectivity index is 2.03. The Kier molecular flexibility index (Phi) is 3.08. The lowest BCUT2D eigenvalue weighted by Crippen LogP contribution is -2.49. The first-order valence-electron chi connectivity index (χ1n) is 5.60. The first-order chi connectivity index (χ1) is 7.18. The molecule has 0 saturated carbocycles. The number of rotatable bonds is 2. The van der Waals surface area contributed by atoms with Crippen LogP contribution in [0.1, 0.15) is 24.0 Å². The number of benzene rings is 1. The molecule has 2 rings (SSSR count). The van der Waals surface area contributed by atoms with Gasteiger partial charge in [-0.3, -0.25) is 0 Å². The van der Waals surface area contributed by atoms with Crippen LogP contribution in [0.3, 0.4) is 0 Å². The van der Waals surface area contributed by atoms with Gasteiger partial charge in [0.25, 0.3) is 0 Å². The predicted octanol–water partition coefficient (Wildman–Crippen LogP) is 2.05. The molecular formula is C13H19NO. The zero-order valence-electron chi connectivity index (χ0n) is 9.33. The van der Waals surface area contributed by atoms with Crippen LogP contribution in [0.15, 0.2) is 24.3 Å². The van der Waals surface area contributed by atoms with Crippen molar-refractivity contribution < 1.29 is 4.74 Å². The fraction of sp³-hybridized carbons (Fsp3) is 0.538. The molecule has 1 aliphatic heterocycles. The molecule has 0 aliphatic carbocycles. The summed E-state index contributed by atoms with van der Waals surface area (Å²) in [6, 6.07) is 8.61. The van der Waals surface area contributed by atoms with Gasteiger partial charge in [-0.2, -0.15) is 0 Å². The second-order valence-electron chi connectivity index (χ2n) is 4.68. The van der Waals surface area contributed by atoms with E-state index in [9.17, 15) is 0 Å². The normalized spacial score (nSPS) is 26.5. The van der Waals surface area contributed by atoms with Gasteiger partial charge in [-0.1, -0.05) is 29.8 Å². The Hall–Kier alpha value is -0.860. The molecule has 1 atom stereocenters. The highest BCUT2D eigenvalue weighted by Gasteiger charge is 2.28. The van der Waals surface area contributed by atoms with Crippen molar-refractivity contribution >= 4 is 0 Å². The van der Waals surface area contributed by atoms with E-state index in [2.05, 4.69) is 31.2 Å². The minimum absolute atomic E-state index is 0.145. The van der Waals surface area contributed by atoms with Gasteiger partial charge < -0.3 is 10.5 Å². The molecule has 2 N–H and O–H groups in total. The third-order valence-electron chi connectivity index (χ3n) is 3.03. The summed E-state index contributed by atoms with van der Waals surface area (Å²) in [6.45, 7) is 3.67. The van der Waals surface area contributed by atoms with Crippen LogP contribution in [-0.2, 0) is 11.2 Å². The number of aryl methyl sites for hydroxylation is 1. The van der Waals surface area contributed by atoms with Crippen LogP contribution in [0.25, 0.3) is 0 Å². The summed E-state index contributed by atoms with van der Waals surface area (Å²) in [4.78, 5) is 0. The van der Waals surface area contributed by atoms with Gasteiger partial charge in [0.15, 0.2) is 0 Å². The quantitative estimate of drug-likeness (QED) is 0.802. The molecule has 0 bridgehead atoms. The molecule has 1 aromatic carbocycles. The van der Waals surface area contributed by atoms with Crippen molar-refractivity contribution in [3.8, 4) is 0 Å². The average Bonchev–Trinajstić information content (AvgIpc) is 2.22. The van der Waals surface area contributed by atoms with Crippen molar-refractivity contribution in [2.75, 3.05) is 13.2 Å². The molecular weight excluding hydrogens is 186 g/mol. The van der Waals surface area contributed by atoms with Gasteiger partial charge in [-0.05, 0) is 31.7 Å². The lowest BCUT2D eigenvalue weighted by atomic mass is 9.87. The number of hydrogen-bond acceptors (Lipinski definition) is 2. The smallest absolute Gasteiger partial charge is 0.0649 e. The van der Waals surface area contributed by atoms with Gasteiger partial charge in [0, 0.05) is 12.1 Å². The highest BCUT2D eigenvalue weighted by Crippen LogP contribution is 2.21. The highest BCUT2D eigenvalue weighted by molar-refractivity contribution is 5.23. The zero-order chi connectivity index (χ0) is 10.7. The van der Waals surface area contributed by atoms with Crippen LogP contribution in [0.2, 0.25) is 0 Å². The van der Waals surface area contributed by atoms with E-state index in [1.807, 2.05) is 0 Å². The van der Waals surface area contributed by atoms with Crippen molar-refractivity contribution in [2.45, 2.75) is 31.7 Å². The Morgan fingerprint density at radius 2 is 2.07 bits per heavy atom.